The Morgan fingerprint density at radius 3 is 2.56 bits per heavy atom. The highest BCUT2D eigenvalue weighted by atomic mass is 14.9. The molecule has 0 aromatic carbocycles. The van der Waals surface area contributed by atoms with Gasteiger partial charge in [0, 0.05) is 6.04 Å². The van der Waals surface area contributed by atoms with E-state index in [-0.39, 0.29) is 0 Å². The van der Waals surface area contributed by atoms with Gasteiger partial charge in [0.1, 0.15) is 0 Å². The van der Waals surface area contributed by atoms with E-state index in [0.29, 0.717) is 0 Å². The van der Waals surface area contributed by atoms with E-state index in [9.17, 15) is 0 Å². The second kappa shape index (κ2) is 8.11. The van der Waals surface area contributed by atoms with Crippen LogP contribution in [0.1, 0.15) is 72.1 Å². The normalized spacial score (nSPS) is 28.7. The molecule has 1 N–H and O–H groups in total. The van der Waals surface area contributed by atoms with E-state index in [1.54, 1.807) is 0 Å². The van der Waals surface area contributed by atoms with E-state index >= 15 is 0 Å². The number of hydrogen-bond acceptors (Lipinski definition) is 1. The first-order valence-corrected chi connectivity index (χ1v) is 7.51. The number of rotatable bonds is 6. The molecule has 0 spiro atoms. The first-order chi connectivity index (χ1) is 7.77. The smallest absolute Gasteiger partial charge is 0.00669 e. The summed E-state index contributed by atoms with van der Waals surface area (Å²) in [5.74, 6) is 1.97. The van der Waals surface area contributed by atoms with E-state index in [4.69, 9.17) is 0 Å². The minimum absolute atomic E-state index is 0.736. The Morgan fingerprint density at radius 1 is 1.06 bits per heavy atom. The maximum atomic E-state index is 3.68. The predicted octanol–water partition coefficient (Wildman–Crippen LogP) is 4.37. The highest BCUT2D eigenvalue weighted by Gasteiger charge is 2.22. The predicted molar refractivity (Wildman–Crippen MR) is 72.7 cm³/mol. The van der Waals surface area contributed by atoms with Crippen molar-refractivity contribution in [3.05, 3.63) is 0 Å². The van der Waals surface area contributed by atoms with Crippen molar-refractivity contribution in [2.45, 2.75) is 78.2 Å². The topological polar surface area (TPSA) is 12.0 Å². The summed E-state index contributed by atoms with van der Waals surface area (Å²) in [4.78, 5) is 0. The molecule has 3 unspecified atom stereocenters. The van der Waals surface area contributed by atoms with Gasteiger partial charge in [-0.15, -0.1) is 0 Å². The molecular weight excluding hydrogens is 194 g/mol. The van der Waals surface area contributed by atoms with Crippen LogP contribution in [0.2, 0.25) is 0 Å². The number of nitrogens with one attached hydrogen (secondary N) is 1. The van der Waals surface area contributed by atoms with E-state index in [1.807, 2.05) is 0 Å². The summed E-state index contributed by atoms with van der Waals surface area (Å²) in [5, 5.41) is 3.68. The molecule has 16 heavy (non-hydrogen) atoms. The Balaban J connectivity index is 2.28. The molecule has 0 radical (unpaired) electrons. The lowest BCUT2D eigenvalue weighted by atomic mass is 9.91. The summed E-state index contributed by atoms with van der Waals surface area (Å²) in [6.45, 7) is 8.16. The van der Waals surface area contributed by atoms with Crippen molar-refractivity contribution in [1.29, 1.82) is 0 Å². The zero-order valence-corrected chi connectivity index (χ0v) is 11.6. The molecule has 1 aliphatic rings. The average molecular weight is 225 g/mol. The third-order valence-corrected chi connectivity index (χ3v) is 4.25. The zero-order chi connectivity index (χ0) is 11.8. The average Bonchev–Trinajstić information content (AvgIpc) is 2.52. The maximum Gasteiger partial charge on any atom is 0.00669 e. The standard InChI is InChI=1S/C15H31N/c1-4-7-14-8-6-9-15(11-10-14)13(3)16-12-5-2/h13-16H,4-12H2,1-3H3. The lowest BCUT2D eigenvalue weighted by Crippen LogP contribution is -2.33. The van der Waals surface area contributed by atoms with Crippen LogP contribution in [0.15, 0.2) is 0 Å². The fourth-order valence-corrected chi connectivity index (χ4v) is 3.14. The van der Waals surface area contributed by atoms with E-state index < -0.39 is 0 Å². The van der Waals surface area contributed by atoms with Crippen LogP contribution >= 0.6 is 0 Å². The van der Waals surface area contributed by atoms with Crippen LogP contribution in [0.5, 0.6) is 0 Å². The summed E-state index contributed by atoms with van der Waals surface area (Å²) in [6, 6.07) is 0.736. The molecule has 1 nitrogen and oxygen atoms in total. The van der Waals surface area contributed by atoms with Crippen LogP contribution in [-0.2, 0) is 0 Å². The van der Waals surface area contributed by atoms with Gasteiger partial charge in [-0.3, -0.25) is 0 Å². The molecule has 0 saturated heterocycles. The summed E-state index contributed by atoms with van der Waals surface area (Å²) in [5.41, 5.74) is 0. The van der Waals surface area contributed by atoms with E-state index in [1.165, 1.54) is 57.9 Å². The molecule has 0 heterocycles. The molecule has 0 aromatic rings. The Hall–Kier alpha value is -0.0400. The fourth-order valence-electron chi connectivity index (χ4n) is 3.14. The lowest BCUT2D eigenvalue weighted by Gasteiger charge is -2.23. The SMILES string of the molecule is CCCNC(C)C1CCCC(CCC)CC1. The molecule has 1 rings (SSSR count). The monoisotopic (exact) mass is 225 g/mol. The zero-order valence-electron chi connectivity index (χ0n) is 11.6. The molecule has 0 bridgehead atoms. The molecule has 96 valence electrons. The van der Waals surface area contributed by atoms with Gasteiger partial charge in [0.05, 0.1) is 0 Å². The van der Waals surface area contributed by atoms with Gasteiger partial charge in [0.15, 0.2) is 0 Å². The van der Waals surface area contributed by atoms with Gasteiger partial charge < -0.3 is 5.32 Å². The third-order valence-electron chi connectivity index (χ3n) is 4.25. The maximum absolute atomic E-state index is 3.68. The van der Waals surface area contributed by atoms with Crippen molar-refractivity contribution in [3.63, 3.8) is 0 Å². The summed E-state index contributed by atoms with van der Waals surface area (Å²) in [6.07, 6.45) is 11.5. The second-order valence-corrected chi connectivity index (χ2v) is 5.67. The second-order valence-electron chi connectivity index (χ2n) is 5.67. The van der Waals surface area contributed by atoms with E-state index in [0.717, 1.165) is 17.9 Å². The van der Waals surface area contributed by atoms with Gasteiger partial charge in [-0.1, -0.05) is 46.0 Å². The Morgan fingerprint density at radius 2 is 1.88 bits per heavy atom. The van der Waals surface area contributed by atoms with Crippen molar-refractivity contribution in [3.8, 4) is 0 Å². The highest BCUT2D eigenvalue weighted by Crippen LogP contribution is 2.31. The lowest BCUT2D eigenvalue weighted by molar-refractivity contribution is 0.331. The molecule has 3 atom stereocenters. The molecule has 0 aromatic heterocycles. The van der Waals surface area contributed by atoms with E-state index in [2.05, 4.69) is 26.1 Å². The summed E-state index contributed by atoms with van der Waals surface area (Å²) in [7, 11) is 0. The molecule has 1 fully saturated rings. The van der Waals surface area contributed by atoms with Crippen LogP contribution in [0.4, 0.5) is 0 Å². The van der Waals surface area contributed by atoms with Gasteiger partial charge in [0.25, 0.3) is 0 Å². The van der Waals surface area contributed by atoms with Crippen LogP contribution in [0.25, 0.3) is 0 Å². The van der Waals surface area contributed by atoms with Crippen LogP contribution in [0, 0.1) is 11.8 Å². The van der Waals surface area contributed by atoms with Gasteiger partial charge in [-0.25, -0.2) is 0 Å². The molecular formula is C15H31N. The minimum Gasteiger partial charge on any atom is -0.314 e. The fraction of sp³-hybridized carbons (Fsp3) is 1.00. The Kier molecular flexibility index (Phi) is 7.11. The first-order valence-electron chi connectivity index (χ1n) is 7.51. The van der Waals surface area contributed by atoms with Crippen molar-refractivity contribution in [2.75, 3.05) is 6.54 Å². The van der Waals surface area contributed by atoms with Gasteiger partial charge in [0.2, 0.25) is 0 Å². The summed E-state index contributed by atoms with van der Waals surface area (Å²) < 4.78 is 0. The van der Waals surface area contributed by atoms with Crippen LogP contribution < -0.4 is 5.32 Å². The van der Waals surface area contributed by atoms with Crippen molar-refractivity contribution < 1.29 is 0 Å². The van der Waals surface area contributed by atoms with Crippen molar-refractivity contribution >= 4 is 0 Å². The molecule has 0 amide bonds. The van der Waals surface area contributed by atoms with Crippen LogP contribution in [0.3, 0.4) is 0 Å². The van der Waals surface area contributed by atoms with Crippen molar-refractivity contribution in [1.82, 2.24) is 5.32 Å². The van der Waals surface area contributed by atoms with Gasteiger partial charge in [-0.2, -0.15) is 0 Å². The molecule has 1 heteroatoms. The molecule has 1 saturated carbocycles. The largest absolute Gasteiger partial charge is 0.314 e. The Bertz CT molecular complexity index is 167. The van der Waals surface area contributed by atoms with Crippen molar-refractivity contribution in [2.24, 2.45) is 11.8 Å². The van der Waals surface area contributed by atoms with Gasteiger partial charge in [-0.05, 0) is 44.6 Å². The quantitative estimate of drug-likeness (QED) is 0.662. The Labute approximate surface area is 102 Å². The summed E-state index contributed by atoms with van der Waals surface area (Å²) >= 11 is 0. The molecule has 1 aliphatic carbocycles. The highest BCUT2D eigenvalue weighted by molar-refractivity contribution is 4.77. The third kappa shape index (κ3) is 4.86. The minimum atomic E-state index is 0.736. The molecule has 0 aliphatic heterocycles. The van der Waals surface area contributed by atoms with Crippen LogP contribution in [-0.4, -0.2) is 12.6 Å². The number of hydrogen-bond donors (Lipinski definition) is 1. The first kappa shape index (κ1) is 14.0. The van der Waals surface area contributed by atoms with Gasteiger partial charge >= 0.3 is 0 Å².